The molecule has 3 N–H and O–H groups in total. The predicted molar refractivity (Wildman–Crippen MR) is 105 cm³/mol. The number of allylic oxidation sites excluding steroid dienone is 1. The molecule has 3 nitrogen and oxygen atoms in total. The zero-order valence-corrected chi connectivity index (χ0v) is 16.2. The molecule has 4 heteroatoms. The van der Waals surface area contributed by atoms with E-state index in [4.69, 9.17) is 17.3 Å². The summed E-state index contributed by atoms with van der Waals surface area (Å²) in [6, 6.07) is 5.96. The van der Waals surface area contributed by atoms with Crippen LogP contribution in [0.2, 0.25) is 5.02 Å². The Morgan fingerprint density at radius 2 is 2.04 bits per heavy atom. The zero-order chi connectivity index (χ0) is 17.8. The van der Waals surface area contributed by atoms with Crippen LogP contribution in [0, 0.1) is 5.92 Å². The van der Waals surface area contributed by atoms with Crippen LogP contribution in [-0.2, 0) is 6.42 Å². The molecule has 0 spiro atoms. The third-order valence-electron chi connectivity index (χ3n) is 5.72. The molecule has 1 heterocycles. The van der Waals surface area contributed by atoms with Crippen molar-refractivity contribution in [1.82, 2.24) is 0 Å². The van der Waals surface area contributed by atoms with Crippen LogP contribution in [0.25, 0.3) is 10.9 Å². The lowest BCUT2D eigenvalue weighted by Crippen LogP contribution is -2.36. The number of nitrogens with two attached hydrogens (primary N) is 1. The number of nitrogens with one attached hydrogen (secondary N) is 1. The summed E-state index contributed by atoms with van der Waals surface area (Å²) in [5, 5.41) is 1.85. The lowest BCUT2D eigenvalue weighted by Gasteiger charge is -2.34. The highest BCUT2D eigenvalue weighted by molar-refractivity contribution is 6.31. The molecule has 0 aliphatic heterocycles. The van der Waals surface area contributed by atoms with Crippen molar-refractivity contribution in [2.45, 2.75) is 31.6 Å². The highest BCUT2D eigenvalue weighted by Crippen LogP contribution is 2.46. The number of fused-ring (bicyclic) bond motifs is 5. The molecule has 25 heavy (non-hydrogen) atoms. The number of aromatic nitrogens is 1. The number of rotatable bonds is 3. The lowest BCUT2D eigenvalue weighted by atomic mass is 9.70. The van der Waals surface area contributed by atoms with E-state index >= 15 is 0 Å². The fourth-order valence-electron chi connectivity index (χ4n) is 4.54. The van der Waals surface area contributed by atoms with Gasteiger partial charge in [0.25, 0.3) is 0 Å². The molecule has 2 unspecified atom stereocenters. The molecule has 2 bridgehead atoms. The van der Waals surface area contributed by atoms with Crippen molar-refractivity contribution in [3.63, 3.8) is 0 Å². The lowest BCUT2D eigenvalue weighted by molar-refractivity contribution is -0.870. The highest BCUT2D eigenvalue weighted by Gasteiger charge is 2.36. The third kappa shape index (κ3) is 3.28. The van der Waals surface area contributed by atoms with E-state index in [1.165, 1.54) is 30.6 Å². The molecule has 2 atom stereocenters. The van der Waals surface area contributed by atoms with Gasteiger partial charge < -0.3 is 10.2 Å². The van der Waals surface area contributed by atoms with E-state index < -0.39 is 0 Å². The smallest absolute Gasteiger partial charge is 0.214 e. The van der Waals surface area contributed by atoms with Gasteiger partial charge in [0.2, 0.25) is 5.52 Å². The molecule has 2 aliphatic rings. The van der Waals surface area contributed by atoms with Crippen molar-refractivity contribution < 1.29 is 9.47 Å². The summed E-state index contributed by atoms with van der Waals surface area (Å²) in [6.07, 6.45) is 7.19. The van der Waals surface area contributed by atoms with Crippen LogP contribution >= 0.6 is 11.6 Å². The van der Waals surface area contributed by atoms with Crippen LogP contribution in [0.15, 0.2) is 29.8 Å². The number of H-pyrrole nitrogens is 1. The van der Waals surface area contributed by atoms with E-state index in [1.54, 1.807) is 5.57 Å². The first-order chi connectivity index (χ1) is 11.8. The number of anilines is 1. The Kier molecular flexibility index (Phi) is 4.04. The SMILES string of the molecule is C[N+](C)(C)CCC1=CC2Cc3[nH+]c4cc(Cl)ccc4c(N)c3C(C1)C2. The summed E-state index contributed by atoms with van der Waals surface area (Å²) < 4.78 is 1.02. The van der Waals surface area contributed by atoms with Gasteiger partial charge in [-0.2, -0.15) is 0 Å². The van der Waals surface area contributed by atoms with Gasteiger partial charge in [0, 0.05) is 29.5 Å². The molecule has 0 amide bonds. The van der Waals surface area contributed by atoms with Crippen molar-refractivity contribution in [3.05, 3.63) is 46.1 Å². The maximum absolute atomic E-state index is 6.63. The van der Waals surface area contributed by atoms with Crippen molar-refractivity contribution in [2.24, 2.45) is 5.92 Å². The number of aromatic amines is 1. The Morgan fingerprint density at radius 1 is 1.24 bits per heavy atom. The number of quaternary nitrogens is 1. The fourth-order valence-corrected chi connectivity index (χ4v) is 4.72. The molecule has 0 radical (unpaired) electrons. The summed E-state index contributed by atoms with van der Waals surface area (Å²) in [5.74, 6) is 1.19. The molecule has 2 aromatic rings. The highest BCUT2D eigenvalue weighted by atomic mass is 35.5. The molecule has 0 saturated heterocycles. The fraction of sp³-hybridized carbons (Fsp3) is 0.476. The van der Waals surface area contributed by atoms with Crippen molar-refractivity contribution in [2.75, 3.05) is 33.4 Å². The monoisotopic (exact) mass is 357 g/mol. The second kappa shape index (κ2) is 6.00. The van der Waals surface area contributed by atoms with Crippen LogP contribution in [0.4, 0.5) is 5.69 Å². The minimum Gasteiger partial charge on any atom is -0.398 e. The average Bonchev–Trinajstić information content (AvgIpc) is 2.51. The van der Waals surface area contributed by atoms with Gasteiger partial charge >= 0.3 is 0 Å². The molecule has 4 rings (SSSR count). The zero-order valence-electron chi connectivity index (χ0n) is 15.4. The number of pyridine rings is 1. The van der Waals surface area contributed by atoms with Gasteiger partial charge in [0.05, 0.1) is 38.8 Å². The average molecular weight is 358 g/mol. The number of nitrogens with zero attached hydrogens (tertiary/aromatic N) is 1. The maximum atomic E-state index is 6.63. The number of nitrogen functional groups attached to an aromatic ring is 1. The van der Waals surface area contributed by atoms with Crippen molar-refractivity contribution in [1.29, 1.82) is 0 Å². The van der Waals surface area contributed by atoms with Crippen LogP contribution in [0.5, 0.6) is 0 Å². The summed E-state index contributed by atoms with van der Waals surface area (Å²) in [4.78, 5) is 3.63. The Labute approximate surface area is 155 Å². The van der Waals surface area contributed by atoms with Crippen LogP contribution in [0.3, 0.4) is 0 Å². The molecule has 1 aromatic heterocycles. The summed E-state index contributed by atoms with van der Waals surface area (Å²) in [7, 11) is 6.80. The Bertz CT molecular complexity index is 864. The first-order valence-electron chi connectivity index (χ1n) is 9.23. The summed E-state index contributed by atoms with van der Waals surface area (Å²) in [5.41, 5.74) is 12.9. The Balaban J connectivity index is 1.69. The van der Waals surface area contributed by atoms with Gasteiger partial charge in [0.15, 0.2) is 5.69 Å². The number of hydrogen-bond acceptors (Lipinski definition) is 1. The second-order valence-electron chi connectivity index (χ2n) is 8.81. The van der Waals surface area contributed by atoms with E-state index in [0.29, 0.717) is 11.8 Å². The Hall–Kier alpha value is -1.58. The molecule has 2 aliphatic carbocycles. The number of benzene rings is 1. The first kappa shape index (κ1) is 16.9. The minimum absolute atomic E-state index is 0.553. The minimum atomic E-state index is 0.553. The molecule has 132 valence electrons. The van der Waals surface area contributed by atoms with E-state index in [-0.39, 0.29) is 0 Å². The normalized spacial score (nSPS) is 22.6. The van der Waals surface area contributed by atoms with E-state index in [9.17, 15) is 0 Å². The van der Waals surface area contributed by atoms with E-state index in [1.807, 2.05) is 18.2 Å². The van der Waals surface area contributed by atoms with Crippen molar-refractivity contribution in [3.8, 4) is 0 Å². The third-order valence-corrected chi connectivity index (χ3v) is 5.95. The quantitative estimate of drug-likeness (QED) is 0.655. The maximum Gasteiger partial charge on any atom is 0.214 e. The predicted octanol–water partition coefficient (Wildman–Crippen LogP) is 3.96. The van der Waals surface area contributed by atoms with Crippen LogP contribution in [-0.4, -0.2) is 32.2 Å². The van der Waals surface area contributed by atoms with E-state index in [0.717, 1.165) is 38.9 Å². The van der Waals surface area contributed by atoms with Crippen LogP contribution < -0.4 is 10.7 Å². The van der Waals surface area contributed by atoms with Crippen molar-refractivity contribution >= 4 is 28.2 Å². The standard InChI is InChI=1S/C21H27ClN3/c1-25(2,3)7-6-13-8-14-10-15(9-13)20-19(11-14)24-18-12-16(22)4-5-17(18)21(20)23/h4-5,8,12,14-15H,6-7,9-11H2,1-3H3,(H2,23,24)/q+1/p+1. The van der Waals surface area contributed by atoms with Gasteiger partial charge in [-0.15, -0.1) is 0 Å². The topological polar surface area (TPSA) is 40.2 Å². The van der Waals surface area contributed by atoms with E-state index in [2.05, 4.69) is 32.2 Å². The largest absolute Gasteiger partial charge is 0.398 e. The van der Waals surface area contributed by atoms with Crippen LogP contribution in [0.1, 0.15) is 36.4 Å². The van der Waals surface area contributed by atoms with Gasteiger partial charge in [-0.25, -0.2) is 4.98 Å². The number of hydrogen-bond donors (Lipinski definition) is 1. The molecule has 0 fully saturated rings. The second-order valence-corrected chi connectivity index (χ2v) is 9.25. The molecule has 0 saturated carbocycles. The summed E-state index contributed by atoms with van der Waals surface area (Å²) >= 11 is 6.17. The summed E-state index contributed by atoms with van der Waals surface area (Å²) in [6.45, 7) is 1.19. The molecular weight excluding hydrogens is 330 g/mol. The molecular formula is C21H28ClN3+2. The van der Waals surface area contributed by atoms with Gasteiger partial charge in [0.1, 0.15) is 0 Å². The van der Waals surface area contributed by atoms with Gasteiger partial charge in [-0.3, -0.25) is 0 Å². The molecule has 1 aromatic carbocycles. The van der Waals surface area contributed by atoms with Gasteiger partial charge in [-0.1, -0.05) is 23.3 Å². The Morgan fingerprint density at radius 3 is 2.80 bits per heavy atom. The number of halogens is 1. The first-order valence-corrected chi connectivity index (χ1v) is 9.61. The van der Waals surface area contributed by atoms with Gasteiger partial charge in [-0.05, 0) is 36.8 Å².